The number of fused-ring (bicyclic) bond motifs is 1. The summed E-state index contributed by atoms with van der Waals surface area (Å²) in [5.41, 5.74) is 0.773. The largest absolute Gasteiger partial charge is 0.497 e. The molecule has 210 valence electrons. The van der Waals surface area contributed by atoms with Gasteiger partial charge in [0.05, 0.1) is 19.3 Å². The van der Waals surface area contributed by atoms with Crippen LogP contribution in [0.15, 0.2) is 88.5 Å². The second-order valence-corrected chi connectivity index (χ2v) is 9.67. The van der Waals surface area contributed by atoms with Crippen LogP contribution in [0.2, 0.25) is 0 Å². The first kappa shape index (κ1) is 27.8. The van der Waals surface area contributed by atoms with Crippen LogP contribution in [0, 0.1) is 5.41 Å². The van der Waals surface area contributed by atoms with Crippen molar-refractivity contribution < 1.29 is 28.5 Å². The van der Waals surface area contributed by atoms with Crippen molar-refractivity contribution >= 4 is 39.8 Å². The maximum absolute atomic E-state index is 12.9. The molecule has 3 aromatic rings. The number of aliphatic imine (C=N–C) groups is 1. The summed E-state index contributed by atoms with van der Waals surface area (Å²) in [7, 11) is 1.60. The van der Waals surface area contributed by atoms with Gasteiger partial charge in [0.25, 0.3) is 5.91 Å². The number of nitrogens with zero attached hydrogens (tertiary/aromatic N) is 3. The third-order valence-electron chi connectivity index (χ3n) is 5.83. The number of para-hydroxylation sites is 1. The molecule has 2 aliphatic rings. The Balaban J connectivity index is 1.24. The number of nitrogens with one attached hydrogen (secondary N) is 1. The second-order valence-electron chi connectivity index (χ2n) is 8.63. The van der Waals surface area contributed by atoms with Crippen molar-refractivity contribution in [3.63, 3.8) is 0 Å². The monoisotopic (exact) mass is 572 g/mol. The van der Waals surface area contributed by atoms with Crippen molar-refractivity contribution in [1.82, 2.24) is 5.01 Å². The molecule has 3 aromatic carbocycles. The van der Waals surface area contributed by atoms with E-state index < -0.39 is 5.91 Å². The molecule has 0 fully saturated rings. The van der Waals surface area contributed by atoms with Gasteiger partial charge in [-0.25, -0.2) is 0 Å². The summed E-state index contributed by atoms with van der Waals surface area (Å²) in [4.78, 5) is 17.0. The third-order valence-corrected chi connectivity index (χ3v) is 6.71. The number of rotatable bonds is 12. The van der Waals surface area contributed by atoms with Gasteiger partial charge in [-0.1, -0.05) is 30.3 Å². The Morgan fingerprint density at radius 2 is 1.66 bits per heavy atom. The number of carbonyl (C=O) groups is 1. The second kappa shape index (κ2) is 13.1. The van der Waals surface area contributed by atoms with Crippen LogP contribution in [0.25, 0.3) is 6.08 Å². The minimum absolute atomic E-state index is 0.0600. The van der Waals surface area contributed by atoms with Crippen molar-refractivity contribution in [3.8, 4) is 28.7 Å². The van der Waals surface area contributed by atoms with E-state index in [0.717, 1.165) is 0 Å². The third kappa shape index (κ3) is 6.87. The number of carbonyl (C=O) groups excluding carboxylic acids is 1. The van der Waals surface area contributed by atoms with Crippen molar-refractivity contribution in [1.29, 1.82) is 5.41 Å². The summed E-state index contributed by atoms with van der Waals surface area (Å²) in [6, 6.07) is 22.0. The van der Waals surface area contributed by atoms with E-state index in [4.69, 9.17) is 29.1 Å². The zero-order valence-corrected chi connectivity index (χ0v) is 23.3. The first-order valence-electron chi connectivity index (χ1n) is 12.9. The van der Waals surface area contributed by atoms with E-state index in [0.29, 0.717) is 64.3 Å². The Morgan fingerprint density at radius 3 is 2.46 bits per heavy atom. The summed E-state index contributed by atoms with van der Waals surface area (Å²) < 4.78 is 28.4. The van der Waals surface area contributed by atoms with E-state index >= 15 is 0 Å². The Morgan fingerprint density at radius 1 is 0.878 bits per heavy atom. The molecule has 5 rings (SSSR count). The van der Waals surface area contributed by atoms with Gasteiger partial charge in [0, 0.05) is 6.07 Å². The van der Waals surface area contributed by atoms with Crippen LogP contribution in [0.3, 0.4) is 0 Å². The Bertz CT molecular complexity index is 1520. The Kier molecular flexibility index (Phi) is 8.85. The number of methoxy groups -OCH3 is 1. The standard InChI is InChI=1S/C30H28N4O6S/c1-3-37-26-17-20(12-13-25(26)39-15-14-38-23-11-7-10-22(18-23)36-2)16-24-28(31)34-30(32-29(24)35)41-27(33-34)19-40-21-8-5-4-6-9-21/h4-13,16-18,31H,3,14-15,19H2,1-2H3/b24-16+,31-28?. The lowest BCUT2D eigenvalue weighted by molar-refractivity contribution is -0.114. The molecule has 41 heavy (non-hydrogen) atoms. The van der Waals surface area contributed by atoms with Crippen molar-refractivity contribution in [2.45, 2.75) is 6.92 Å². The molecule has 0 aliphatic carbocycles. The van der Waals surface area contributed by atoms with Crippen LogP contribution in [0.5, 0.6) is 28.7 Å². The average Bonchev–Trinajstić information content (AvgIpc) is 3.41. The summed E-state index contributed by atoms with van der Waals surface area (Å²) in [6.45, 7) is 3.11. The molecule has 1 N–H and O–H groups in total. The molecule has 0 bridgehead atoms. The van der Waals surface area contributed by atoms with E-state index in [1.54, 1.807) is 37.5 Å². The number of amidine groups is 2. The summed E-state index contributed by atoms with van der Waals surface area (Å²) in [5.74, 6) is 2.58. The number of amides is 1. The van der Waals surface area contributed by atoms with Gasteiger partial charge in [-0.15, -0.1) is 0 Å². The van der Waals surface area contributed by atoms with E-state index in [2.05, 4.69) is 10.1 Å². The topological polar surface area (TPSA) is 115 Å². The van der Waals surface area contributed by atoms with Crippen LogP contribution in [0.4, 0.5) is 0 Å². The van der Waals surface area contributed by atoms with Crippen molar-refractivity contribution in [3.05, 3.63) is 83.9 Å². The maximum Gasteiger partial charge on any atom is 0.283 e. The number of ether oxygens (including phenoxy) is 5. The normalized spacial score (nSPS) is 15.3. The molecular weight excluding hydrogens is 544 g/mol. The fraction of sp³-hybridized carbons (Fsp3) is 0.200. The fourth-order valence-corrected chi connectivity index (χ4v) is 4.72. The molecule has 1 amide bonds. The summed E-state index contributed by atoms with van der Waals surface area (Å²) in [5, 5.41) is 15.4. The number of hydrogen-bond acceptors (Lipinski definition) is 9. The molecular formula is C30H28N4O6S. The highest BCUT2D eigenvalue weighted by atomic mass is 32.2. The van der Waals surface area contributed by atoms with E-state index in [-0.39, 0.29) is 18.0 Å². The molecule has 2 aliphatic heterocycles. The van der Waals surface area contributed by atoms with Crippen LogP contribution >= 0.6 is 11.8 Å². The first-order valence-corrected chi connectivity index (χ1v) is 13.7. The number of benzene rings is 3. The molecule has 11 heteroatoms. The average molecular weight is 573 g/mol. The zero-order valence-electron chi connectivity index (χ0n) is 22.5. The first-order chi connectivity index (χ1) is 20.0. The Hall–Kier alpha value is -4.77. The number of thioether (sulfide) groups is 1. The van der Waals surface area contributed by atoms with Crippen molar-refractivity contribution in [2.24, 2.45) is 10.1 Å². The van der Waals surface area contributed by atoms with Gasteiger partial charge in [-0.05, 0) is 66.7 Å². The van der Waals surface area contributed by atoms with Gasteiger partial charge >= 0.3 is 0 Å². The lowest BCUT2D eigenvalue weighted by atomic mass is 10.1. The van der Waals surface area contributed by atoms with Gasteiger partial charge < -0.3 is 23.7 Å². The molecule has 0 spiro atoms. The summed E-state index contributed by atoms with van der Waals surface area (Å²) in [6.07, 6.45) is 1.60. The molecule has 0 aromatic heterocycles. The predicted octanol–water partition coefficient (Wildman–Crippen LogP) is 5.25. The highest BCUT2D eigenvalue weighted by molar-refractivity contribution is 8.27. The minimum Gasteiger partial charge on any atom is -0.497 e. The molecule has 0 unspecified atom stereocenters. The van der Waals surface area contributed by atoms with Gasteiger partial charge in [0.15, 0.2) is 17.3 Å². The van der Waals surface area contributed by atoms with E-state index in [1.165, 1.54) is 16.8 Å². The lowest BCUT2D eigenvalue weighted by Crippen LogP contribution is -2.35. The summed E-state index contributed by atoms with van der Waals surface area (Å²) >= 11 is 1.21. The number of hydrazone groups is 1. The zero-order chi connectivity index (χ0) is 28.6. The van der Waals surface area contributed by atoms with Gasteiger partial charge in [-0.3, -0.25) is 10.2 Å². The van der Waals surface area contributed by atoms with Gasteiger partial charge in [0.2, 0.25) is 5.17 Å². The smallest absolute Gasteiger partial charge is 0.283 e. The van der Waals surface area contributed by atoms with Gasteiger partial charge in [0.1, 0.15) is 42.1 Å². The highest BCUT2D eigenvalue weighted by Crippen LogP contribution is 2.32. The molecule has 10 nitrogen and oxygen atoms in total. The van der Waals surface area contributed by atoms with E-state index in [1.807, 2.05) is 55.5 Å². The minimum atomic E-state index is -0.512. The molecule has 0 saturated carbocycles. The van der Waals surface area contributed by atoms with Crippen molar-refractivity contribution in [2.75, 3.05) is 33.5 Å². The van der Waals surface area contributed by atoms with E-state index in [9.17, 15) is 4.79 Å². The van der Waals surface area contributed by atoms with Crippen LogP contribution in [-0.4, -0.2) is 60.5 Å². The molecule has 0 radical (unpaired) electrons. The number of hydrogen-bond donors (Lipinski definition) is 1. The highest BCUT2D eigenvalue weighted by Gasteiger charge is 2.35. The van der Waals surface area contributed by atoms with Crippen LogP contribution < -0.4 is 23.7 Å². The SMILES string of the molecule is CCOc1cc(/C=C2\C(=N)N3N=C(COc4ccccc4)SC3=NC2=O)ccc1OCCOc1cccc(OC)c1. The fourth-order valence-electron chi connectivity index (χ4n) is 3.92. The molecule has 2 heterocycles. The Labute approximate surface area is 241 Å². The van der Waals surface area contributed by atoms with Crippen LogP contribution in [0.1, 0.15) is 12.5 Å². The van der Waals surface area contributed by atoms with Crippen LogP contribution in [-0.2, 0) is 4.79 Å². The quantitative estimate of drug-likeness (QED) is 0.231. The van der Waals surface area contributed by atoms with Gasteiger partial charge in [-0.2, -0.15) is 15.1 Å². The molecule has 0 saturated heterocycles. The lowest BCUT2D eigenvalue weighted by Gasteiger charge is -2.20. The predicted molar refractivity (Wildman–Crippen MR) is 159 cm³/mol. The molecule has 0 atom stereocenters. The maximum atomic E-state index is 12.9.